The van der Waals surface area contributed by atoms with Crippen LogP contribution in [0.1, 0.15) is 6.92 Å². The third-order valence-corrected chi connectivity index (χ3v) is 1.06. The minimum atomic E-state index is -3.33. The molecule has 13 heavy (non-hydrogen) atoms. The molecule has 0 bridgehead atoms. The van der Waals surface area contributed by atoms with Gasteiger partial charge in [-0.2, -0.15) is 0 Å². The molecular weight excluding hydrogens is 186 g/mol. The van der Waals surface area contributed by atoms with Crippen LogP contribution in [0.4, 0.5) is 8.78 Å². The molecule has 0 atom stereocenters. The summed E-state index contributed by atoms with van der Waals surface area (Å²) in [6.45, 7) is 1.64. The fraction of sp³-hybridized carbons (Fsp3) is 0.429. The number of carbonyl (C=O) groups is 2. The highest BCUT2D eigenvalue weighted by Gasteiger charge is 2.26. The SMILES string of the molecule is CCO/C=C(/C(=O)O)C(=O)C(F)F. The number of halogens is 2. The van der Waals surface area contributed by atoms with Crippen LogP contribution < -0.4 is 0 Å². The summed E-state index contributed by atoms with van der Waals surface area (Å²) in [6.07, 6.45) is -2.81. The Morgan fingerprint density at radius 3 is 2.38 bits per heavy atom. The molecule has 6 heteroatoms. The van der Waals surface area contributed by atoms with Crippen molar-refractivity contribution >= 4 is 11.8 Å². The molecule has 0 aliphatic heterocycles. The molecule has 74 valence electrons. The van der Waals surface area contributed by atoms with Gasteiger partial charge in [-0.3, -0.25) is 4.79 Å². The predicted molar refractivity (Wildman–Crippen MR) is 38.4 cm³/mol. The molecule has 0 saturated carbocycles. The molecule has 0 rings (SSSR count). The minimum absolute atomic E-state index is 0.104. The van der Waals surface area contributed by atoms with Crippen LogP contribution in [0.15, 0.2) is 11.8 Å². The van der Waals surface area contributed by atoms with Crippen LogP contribution in [0.5, 0.6) is 0 Å². The second-order valence-corrected chi connectivity index (χ2v) is 1.96. The molecule has 0 unspecified atom stereocenters. The lowest BCUT2D eigenvalue weighted by Gasteiger charge is -2.00. The number of carboxylic acid groups (broad SMARTS) is 1. The van der Waals surface area contributed by atoms with Crippen molar-refractivity contribution in [2.24, 2.45) is 0 Å². The smallest absolute Gasteiger partial charge is 0.342 e. The van der Waals surface area contributed by atoms with Crippen molar-refractivity contribution in [1.29, 1.82) is 0 Å². The van der Waals surface area contributed by atoms with E-state index < -0.39 is 23.8 Å². The lowest BCUT2D eigenvalue weighted by Crippen LogP contribution is -2.19. The fourth-order valence-corrected chi connectivity index (χ4v) is 0.498. The zero-order chi connectivity index (χ0) is 10.4. The van der Waals surface area contributed by atoms with Crippen LogP contribution in [0.2, 0.25) is 0 Å². The Morgan fingerprint density at radius 1 is 1.54 bits per heavy atom. The molecule has 4 nitrogen and oxygen atoms in total. The molecule has 0 aliphatic rings. The Kier molecular flexibility index (Phi) is 4.64. The highest BCUT2D eigenvalue weighted by molar-refractivity contribution is 6.17. The molecular formula is C7H8F2O4. The first kappa shape index (κ1) is 11.5. The summed E-state index contributed by atoms with van der Waals surface area (Å²) >= 11 is 0. The first-order chi connectivity index (χ1) is 6.00. The van der Waals surface area contributed by atoms with E-state index in [4.69, 9.17) is 5.11 Å². The number of aliphatic carboxylic acids is 1. The Labute approximate surface area is 72.8 Å². The Bertz CT molecular complexity index is 235. The monoisotopic (exact) mass is 194 g/mol. The van der Waals surface area contributed by atoms with E-state index in [1.165, 1.54) is 6.92 Å². The maximum atomic E-state index is 11.8. The van der Waals surface area contributed by atoms with Crippen LogP contribution >= 0.6 is 0 Å². The molecule has 0 heterocycles. The molecule has 0 spiro atoms. The lowest BCUT2D eigenvalue weighted by molar-refractivity contribution is -0.137. The maximum Gasteiger partial charge on any atom is 0.342 e. The number of ether oxygens (including phenoxy) is 1. The lowest BCUT2D eigenvalue weighted by atomic mass is 10.2. The number of Topliss-reactive ketones (excluding diaryl/α,β-unsaturated/α-hetero) is 1. The topological polar surface area (TPSA) is 63.6 Å². The van der Waals surface area contributed by atoms with Crippen LogP contribution in [-0.2, 0) is 14.3 Å². The van der Waals surface area contributed by atoms with Gasteiger partial charge < -0.3 is 9.84 Å². The average molecular weight is 194 g/mol. The van der Waals surface area contributed by atoms with E-state index in [1.54, 1.807) is 0 Å². The Hall–Kier alpha value is -1.46. The number of carboxylic acids is 1. The summed E-state index contributed by atoms with van der Waals surface area (Å²) in [5.41, 5.74) is -1.04. The normalized spacial score (nSPS) is 11.5. The van der Waals surface area contributed by atoms with Crippen molar-refractivity contribution in [2.75, 3.05) is 6.61 Å². The summed E-state index contributed by atoms with van der Waals surface area (Å²) in [5, 5.41) is 8.32. The zero-order valence-corrected chi connectivity index (χ0v) is 6.79. The number of ketones is 1. The molecule has 0 radical (unpaired) electrons. The average Bonchev–Trinajstić information content (AvgIpc) is 2.04. The standard InChI is InChI=1S/C7H8F2O4/c1-2-13-3-4(7(11)12)5(10)6(8)9/h3,6H,2H2,1H3,(H,11,12)/b4-3+. The highest BCUT2D eigenvalue weighted by Crippen LogP contribution is 2.05. The predicted octanol–water partition coefficient (Wildman–Crippen LogP) is 0.826. The van der Waals surface area contributed by atoms with Crippen molar-refractivity contribution in [3.8, 4) is 0 Å². The first-order valence-electron chi connectivity index (χ1n) is 3.38. The molecule has 0 saturated heterocycles. The van der Waals surface area contributed by atoms with E-state index in [0.717, 1.165) is 0 Å². The van der Waals surface area contributed by atoms with Crippen LogP contribution in [0.3, 0.4) is 0 Å². The van der Waals surface area contributed by atoms with E-state index in [0.29, 0.717) is 6.26 Å². The second kappa shape index (κ2) is 5.23. The van der Waals surface area contributed by atoms with Gasteiger partial charge in [0.15, 0.2) is 0 Å². The molecule has 0 aromatic carbocycles. The van der Waals surface area contributed by atoms with E-state index in [1.807, 2.05) is 0 Å². The minimum Gasteiger partial charge on any atom is -0.500 e. The maximum absolute atomic E-state index is 11.8. The van der Waals surface area contributed by atoms with Crippen molar-refractivity contribution < 1.29 is 28.2 Å². The number of hydrogen-bond donors (Lipinski definition) is 1. The van der Waals surface area contributed by atoms with Gasteiger partial charge in [0, 0.05) is 0 Å². The van der Waals surface area contributed by atoms with E-state index in [2.05, 4.69) is 4.74 Å². The summed E-state index contributed by atoms with van der Waals surface area (Å²) in [7, 11) is 0. The van der Waals surface area contributed by atoms with Crippen molar-refractivity contribution in [3.63, 3.8) is 0 Å². The number of carbonyl (C=O) groups excluding carboxylic acids is 1. The van der Waals surface area contributed by atoms with Gasteiger partial charge in [0.1, 0.15) is 11.8 Å². The summed E-state index contributed by atoms with van der Waals surface area (Å²) in [6, 6.07) is 0. The molecule has 0 aromatic rings. The van der Waals surface area contributed by atoms with Crippen molar-refractivity contribution in [3.05, 3.63) is 11.8 Å². The third-order valence-electron chi connectivity index (χ3n) is 1.06. The Morgan fingerprint density at radius 2 is 2.08 bits per heavy atom. The number of hydrogen-bond acceptors (Lipinski definition) is 3. The number of alkyl halides is 2. The van der Waals surface area contributed by atoms with Crippen LogP contribution in [-0.4, -0.2) is 29.9 Å². The van der Waals surface area contributed by atoms with Crippen molar-refractivity contribution in [2.45, 2.75) is 13.3 Å². The van der Waals surface area contributed by atoms with Gasteiger partial charge in [0.25, 0.3) is 0 Å². The van der Waals surface area contributed by atoms with Gasteiger partial charge >= 0.3 is 12.4 Å². The second-order valence-electron chi connectivity index (χ2n) is 1.96. The quantitative estimate of drug-likeness (QED) is 0.304. The fourth-order valence-electron chi connectivity index (χ4n) is 0.498. The van der Waals surface area contributed by atoms with Crippen LogP contribution in [0, 0.1) is 0 Å². The van der Waals surface area contributed by atoms with Gasteiger partial charge in [-0.15, -0.1) is 0 Å². The zero-order valence-electron chi connectivity index (χ0n) is 6.79. The van der Waals surface area contributed by atoms with Crippen molar-refractivity contribution in [1.82, 2.24) is 0 Å². The summed E-state index contributed by atoms with van der Waals surface area (Å²) in [4.78, 5) is 20.8. The highest BCUT2D eigenvalue weighted by atomic mass is 19.3. The van der Waals surface area contributed by atoms with Gasteiger partial charge in [0.05, 0.1) is 6.61 Å². The van der Waals surface area contributed by atoms with Gasteiger partial charge in [0.2, 0.25) is 5.78 Å². The van der Waals surface area contributed by atoms with Gasteiger partial charge in [-0.1, -0.05) is 0 Å². The van der Waals surface area contributed by atoms with E-state index in [9.17, 15) is 18.4 Å². The largest absolute Gasteiger partial charge is 0.500 e. The molecule has 0 aromatic heterocycles. The number of rotatable bonds is 5. The van der Waals surface area contributed by atoms with E-state index >= 15 is 0 Å². The Balaban J connectivity index is 4.61. The van der Waals surface area contributed by atoms with Crippen LogP contribution in [0.25, 0.3) is 0 Å². The molecule has 0 fully saturated rings. The summed E-state index contributed by atoms with van der Waals surface area (Å²) in [5.74, 6) is -3.47. The van der Waals surface area contributed by atoms with E-state index in [-0.39, 0.29) is 6.61 Å². The van der Waals surface area contributed by atoms with Gasteiger partial charge in [-0.25, -0.2) is 13.6 Å². The van der Waals surface area contributed by atoms with Gasteiger partial charge in [-0.05, 0) is 6.92 Å². The first-order valence-corrected chi connectivity index (χ1v) is 3.38. The third kappa shape index (κ3) is 3.64. The molecule has 1 N–H and O–H groups in total. The molecule has 0 aliphatic carbocycles. The molecule has 0 amide bonds. The summed E-state index contributed by atoms with van der Waals surface area (Å²) < 4.78 is 27.9.